The lowest BCUT2D eigenvalue weighted by Crippen LogP contribution is -2.36. The first-order valence-electron chi connectivity index (χ1n) is 8.84. The summed E-state index contributed by atoms with van der Waals surface area (Å²) in [7, 11) is 1.88. The van der Waals surface area contributed by atoms with Gasteiger partial charge in [-0.05, 0) is 24.3 Å². The molecule has 1 saturated heterocycles. The van der Waals surface area contributed by atoms with Gasteiger partial charge in [0, 0.05) is 7.05 Å². The molecule has 4 rings (SSSR count). The molecule has 0 bridgehead atoms. The molecule has 0 saturated carbocycles. The second-order valence-electron chi connectivity index (χ2n) is 6.56. The van der Waals surface area contributed by atoms with E-state index in [1.807, 2.05) is 35.9 Å². The molecule has 9 nitrogen and oxygen atoms in total. The van der Waals surface area contributed by atoms with Gasteiger partial charge in [-0.15, -0.1) is 0 Å². The number of imidazole rings is 1. The van der Waals surface area contributed by atoms with Crippen LogP contribution in [-0.2, 0) is 29.7 Å². The van der Waals surface area contributed by atoms with Gasteiger partial charge >= 0.3 is 6.03 Å². The summed E-state index contributed by atoms with van der Waals surface area (Å²) in [6, 6.07) is 9.62. The third-order valence-electron chi connectivity index (χ3n) is 4.71. The van der Waals surface area contributed by atoms with Crippen molar-refractivity contribution in [3.63, 3.8) is 0 Å². The molecule has 28 heavy (non-hydrogen) atoms. The number of nitrogens with one attached hydrogen (secondary N) is 2. The lowest BCUT2D eigenvalue weighted by molar-refractivity contribution is -0.131. The summed E-state index contributed by atoms with van der Waals surface area (Å²) >= 11 is 0. The average Bonchev–Trinajstić information content (AvgIpc) is 3.37. The van der Waals surface area contributed by atoms with E-state index >= 15 is 0 Å². The molecule has 1 atom stereocenters. The third-order valence-corrected chi connectivity index (χ3v) is 4.71. The van der Waals surface area contributed by atoms with E-state index in [0.29, 0.717) is 11.6 Å². The van der Waals surface area contributed by atoms with E-state index in [-0.39, 0.29) is 25.4 Å². The highest BCUT2D eigenvalue weighted by atomic mass is 16.3. The van der Waals surface area contributed by atoms with Crippen LogP contribution in [0.4, 0.5) is 4.79 Å². The maximum absolute atomic E-state index is 12.4. The molecule has 2 N–H and O–H groups in total. The van der Waals surface area contributed by atoms with Crippen molar-refractivity contribution in [2.45, 2.75) is 25.6 Å². The summed E-state index contributed by atoms with van der Waals surface area (Å²) in [5.41, 5.74) is 1.82. The summed E-state index contributed by atoms with van der Waals surface area (Å²) in [4.78, 5) is 42.3. The van der Waals surface area contributed by atoms with Gasteiger partial charge in [0.2, 0.25) is 5.91 Å². The number of hydrogen-bond acceptors (Lipinski definition) is 5. The number of urea groups is 1. The average molecular weight is 381 g/mol. The number of aryl methyl sites for hydroxylation is 1. The topological polar surface area (TPSA) is 109 Å². The Kier molecular flexibility index (Phi) is 4.56. The highest BCUT2D eigenvalue weighted by Gasteiger charge is 2.39. The zero-order chi connectivity index (χ0) is 19.7. The van der Waals surface area contributed by atoms with Crippen molar-refractivity contribution in [3.05, 3.63) is 54.2 Å². The van der Waals surface area contributed by atoms with Gasteiger partial charge in [0.25, 0.3) is 5.91 Å². The zero-order valence-corrected chi connectivity index (χ0v) is 15.2. The Morgan fingerprint density at radius 2 is 2.07 bits per heavy atom. The Balaban J connectivity index is 1.35. The van der Waals surface area contributed by atoms with Crippen LogP contribution < -0.4 is 10.6 Å². The maximum atomic E-state index is 12.4. The molecular formula is C19H19N5O4. The van der Waals surface area contributed by atoms with E-state index in [4.69, 9.17) is 4.42 Å². The first-order valence-corrected chi connectivity index (χ1v) is 8.84. The molecule has 1 aliphatic heterocycles. The molecule has 0 spiro atoms. The molecule has 9 heteroatoms. The normalized spacial score (nSPS) is 16.6. The van der Waals surface area contributed by atoms with Gasteiger partial charge in [-0.25, -0.2) is 9.78 Å². The number of carbonyl (C=O) groups is 3. The molecule has 144 valence electrons. The molecule has 1 aromatic carbocycles. The van der Waals surface area contributed by atoms with Crippen LogP contribution in [-0.4, -0.2) is 38.3 Å². The Morgan fingerprint density at radius 3 is 2.82 bits per heavy atom. The van der Waals surface area contributed by atoms with E-state index in [0.717, 1.165) is 15.9 Å². The van der Waals surface area contributed by atoms with Crippen LogP contribution in [0.15, 0.2) is 47.1 Å². The van der Waals surface area contributed by atoms with Gasteiger partial charge in [-0.3, -0.25) is 14.5 Å². The minimum Gasteiger partial charge on any atom is -0.467 e. The highest BCUT2D eigenvalue weighted by Crippen LogP contribution is 2.16. The van der Waals surface area contributed by atoms with Crippen LogP contribution in [0.25, 0.3) is 11.0 Å². The van der Waals surface area contributed by atoms with Crippen LogP contribution in [0.2, 0.25) is 0 Å². The number of rotatable bonds is 6. The number of hydrogen-bond donors (Lipinski definition) is 2. The lowest BCUT2D eigenvalue weighted by atomic mass is 10.2. The van der Waals surface area contributed by atoms with E-state index in [1.165, 1.54) is 6.26 Å². The number of aromatic nitrogens is 2. The van der Waals surface area contributed by atoms with Gasteiger partial charge < -0.3 is 19.6 Å². The van der Waals surface area contributed by atoms with Gasteiger partial charge in [-0.2, -0.15) is 0 Å². The molecule has 3 aromatic rings. The summed E-state index contributed by atoms with van der Waals surface area (Å²) in [6.45, 7) is 0.268. The van der Waals surface area contributed by atoms with Gasteiger partial charge in [0.05, 0.1) is 36.8 Å². The second-order valence-corrected chi connectivity index (χ2v) is 6.56. The number of amides is 4. The van der Waals surface area contributed by atoms with Crippen molar-refractivity contribution in [2.24, 2.45) is 7.05 Å². The van der Waals surface area contributed by atoms with E-state index in [1.54, 1.807) is 12.1 Å². The Bertz CT molecular complexity index is 1040. The summed E-state index contributed by atoms with van der Waals surface area (Å²) in [5.74, 6) is 0.413. The molecule has 1 fully saturated rings. The number of fused-ring (bicyclic) bond motifs is 1. The monoisotopic (exact) mass is 381 g/mol. The van der Waals surface area contributed by atoms with Crippen molar-refractivity contribution in [1.29, 1.82) is 0 Å². The summed E-state index contributed by atoms with van der Waals surface area (Å²) in [6.07, 6.45) is 1.34. The van der Waals surface area contributed by atoms with Crippen LogP contribution in [0.1, 0.15) is 18.0 Å². The number of nitrogens with zero attached hydrogens (tertiary/aromatic N) is 3. The quantitative estimate of drug-likeness (QED) is 0.626. The van der Waals surface area contributed by atoms with Crippen molar-refractivity contribution in [2.75, 3.05) is 0 Å². The van der Waals surface area contributed by atoms with Crippen molar-refractivity contribution < 1.29 is 18.8 Å². The molecule has 4 amide bonds. The molecule has 0 unspecified atom stereocenters. The number of para-hydroxylation sites is 2. The first kappa shape index (κ1) is 17.8. The first-order chi connectivity index (χ1) is 13.5. The van der Waals surface area contributed by atoms with Crippen molar-refractivity contribution >= 4 is 28.9 Å². The molecule has 0 radical (unpaired) electrons. The van der Waals surface area contributed by atoms with Gasteiger partial charge in [0.1, 0.15) is 17.6 Å². The molecule has 2 aromatic heterocycles. The van der Waals surface area contributed by atoms with Crippen LogP contribution in [0, 0.1) is 0 Å². The fraction of sp³-hybridized carbons (Fsp3) is 0.263. The molecule has 0 aliphatic carbocycles. The maximum Gasteiger partial charge on any atom is 0.325 e. The van der Waals surface area contributed by atoms with Gasteiger partial charge in [-0.1, -0.05) is 12.1 Å². The number of carbonyl (C=O) groups excluding carboxylic acids is 3. The van der Waals surface area contributed by atoms with Crippen molar-refractivity contribution in [3.8, 4) is 0 Å². The minimum atomic E-state index is -0.886. The molecule has 1 aliphatic rings. The Labute approximate surface area is 160 Å². The third kappa shape index (κ3) is 3.34. The van der Waals surface area contributed by atoms with Gasteiger partial charge in [0.15, 0.2) is 0 Å². The van der Waals surface area contributed by atoms with Crippen LogP contribution >= 0.6 is 0 Å². The number of imide groups is 1. The minimum absolute atomic E-state index is 0.0373. The van der Waals surface area contributed by atoms with E-state index in [2.05, 4.69) is 15.6 Å². The number of benzene rings is 1. The standard InChI is InChI=1S/C19H19N5O4/c1-23-15-7-3-2-6-13(15)21-16(23)10-20-17(25)9-14-18(26)24(19(27)22-14)11-12-5-4-8-28-12/h2-8,14H,9-11H2,1H3,(H,20,25)(H,22,27)/t14-/m0/s1. The van der Waals surface area contributed by atoms with Crippen LogP contribution in [0.3, 0.4) is 0 Å². The van der Waals surface area contributed by atoms with Crippen LogP contribution in [0.5, 0.6) is 0 Å². The molecule has 3 heterocycles. The SMILES string of the molecule is Cn1c(CNC(=O)C[C@@H]2NC(=O)N(Cc3ccco3)C2=O)nc2ccccc21. The number of furan rings is 1. The molecular weight excluding hydrogens is 362 g/mol. The smallest absolute Gasteiger partial charge is 0.325 e. The predicted octanol–water partition coefficient (Wildman–Crippen LogP) is 1.29. The Hall–Kier alpha value is -3.62. The summed E-state index contributed by atoms with van der Waals surface area (Å²) in [5, 5.41) is 5.30. The van der Waals surface area contributed by atoms with E-state index in [9.17, 15) is 14.4 Å². The zero-order valence-electron chi connectivity index (χ0n) is 15.2. The van der Waals surface area contributed by atoms with E-state index < -0.39 is 18.0 Å². The fourth-order valence-corrected chi connectivity index (χ4v) is 3.21. The highest BCUT2D eigenvalue weighted by molar-refractivity contribution is 6.05. The fourth-order valence-electron chi connectivity index (χ4n) is 3.21. The largest absolute Gasteiger partial charge is 0.467 e. The second kappa shape index (κ2) is 7.18. The predicted molar refractivity (Wildman–Crippen MR) is 98.8 cm³/mol. The van der Waals surface area contributed by atoms with Crippen molar-refractivity contribution in [1.82, 2.24) is 25.1 Å². The Morgan fingerprint density at radius 1 is 1.25 bits per heavy atom. The lowest BCUT2D eigenvalue weighted by Gasteiger charge is -2.11. The summed E-state index contributed by atoms with van der Waals surface area (Å²) < 4.78 is 7.08.